The Morgan fingerprint density at radius 2 is 2.08 bits per heavy atom. The van der Waals surface area contributed by atoms with E-state index in [1.807, 2.05) is 0 Å². The second kappa shape index (κ2) is 6.81. The first-order valence-corrected chi connectivity index (χ1v) is 3.98. The number of hydrogen-bond acceptors (Lipinski definition) is 2. The third kappa shape index (κ3) is 7.35. The quantitative estimate of drug-likeness (QED) is 0.543. The molecule has 1 rings (SSSR count). The van der Waals surface area contributed by atoms with Crippen molar-refractivity contribution in [3.05, 3.63) is 0 Å². The van der Waals surface area contributed by atoms with Gasteiger partial charge in [-0.05, 0) is 12.8 Å². The van der Waals surface area contributed by atoms with Crippen LogP contribution in [0.5, 0.6) is 0 Å². The summed E-state index contributed by atoms with van der Waals surface area (Å²) in [6, 6.07) is 0. The molecule has 1 saturated heterocycles. The zero-order chi connectivity index (χ0) is 9.03. The Kier molecular flexibility index (Phi) is 7.55. The monoisotopic (exact) mass is 222 g/mol. The number of hydrogen-bond donors (Lipinski definition) is 0. The van der Waals surface area contributed by atoms with Crippen LogP contribution in [0.3, 0.4) is 0 Å². The zero-order valence-electron chi connectivity index (χ0n) is 7.64. The average Bonchev–Trinajstić information content (AvgIpc) is 2.36. The Labute approximate surface area is 118 Å². The van der Waals surface area contributed by atoms with Gasteiger partial charge in [-0.1, -0.05) is 0 Å². The van der Waals surface area contributed by atoms with Crippen molar-refractivity contribution >= 4 is 6.98 Å². The van der Waals surface area contributed by atoms with Crippen LogP contribution < -0.4 is 51.4 Å². The minimum Gasteiger partial charge on any atom is -0.447 e. The molecule has 1 aliphatic rings. The molecule has 0 aromatic rings. The van der Waals surface area contributed by atoms with E-state index in [9.17, 15) is 12.9 Å². The molecular formula is C6H11BF3KO2. The van der Waals surface area contributed by atoms with Gasteiger partial charge >= 0.3 is 58.4 Å². The van der Waals surface area contributed by atoms with E-state index in [4.69, 9.17) is 4.74 Å². The largest absolute Gasteiger partial charge is 1.00 e. The first kappa shape index (κ1) is 14.4. The molecule has 1 aliphatic heterocycles. The predicted octanol–water partition coefficient (Wildman–Crippen LogP) is -1.43. The minimum atomic E-state index is -4.80. The first-order valence-electron chi connectivity index (χ1n) is 3.98. The Hall–Kier alpha value is 1.41. The molecule has 1 atom stereocenters. The van der Waals surface area contributed by atoms with E-state index in [1.165, 1.54) is 0 Å². The summed E-state index contributed by atoms with van der Waals surface area (Å²) in [6.45, 7) is -5.20. The second-order valence-corrected chi connectivity index (χ2v) is 2.88. The minimum absolute atomic E-state index is 0. The van der Waals surface area contributed by atoms with Crippen molar-refractivity contribution in [1.29, 1.82) is 0 Å². The third-order valence-corrected chi connectivity index (χ3v) is 1.63. The maximum absolute atomic E-state index is 11.6. The fourth-order valence-corrected chi connectivity index (χ4v) is 1.11. The molecule has 1 unspecified atom stereocenters. The fourth-order valence-electron chi connectivity index (χ4n) is 1.11. The van der Waals surface area contributed by atoms with Crippen LogP contribution in [0.2, 0.25) is 0 Å². The molecule has 1 fully saturated rings. The molecule has 0 amide bonds. The molecule has 0 N–H and O–H groups in total. The summed E-state index contributed by atoms with van der Waals surface area (Å²) in [5.74, 6) is 0. The van der Waals surface area contributed by atoms with Crippen molar-refractivity contribution in [3.8, 4) is 0 Å². The van der Waals surface area contributed by atoms with Crippen LogP contribution in [-0.4, -0.2) is 32.8 Å². The Balaban J connectivity index is 0.00000144. The molecule has 0 aromatic heterocycles. The molecule has 0 saturated carbocycles. The number of ether oxygens (including phenoxy) is 2. The van der Waals surface area contributed by atoms with Gasteiger partial charge in [0.1, 0.15) is 0 Å². The van der Waals surface area contributed by atoms with Crippen LogP contribution in [0.15, 0.2) is 0 Å². The van der Waals surface area contributed by atoms with Gasteiger partial charge in [0.25, 0.3) is 0 Å². The van der Waals surface area contributed by atoms with Gasteiger partial charge in [0.15, 0.2) is 0 Å². The first-order chi connectivity index (χ1) is 5.58. The van der Waals surface area contributed by atoms with Gasteiger partial charge in [0.2, 0.25) is 0 Å². The van der Waals surface area contributed by atoms with Gasteiger partial charge in [0.05, 0.1) is 12.7 Å². The summed E-state index contributed by atoms with van der Waals surface area (Å²) < 4.78 is 44.4. The Morgan fingerprint density at radius 3 is 2.54 bits per heavy atom. The van der Waals surface area contributed by atoms with Crippen molar-refractivity contribution in [3.63, 3.8) is 0 Å². The van der Waals surface area contributed by atoms with E-state index in [2.05, 4.69) is 4.74 Å². The van der Waals surface area contributed by atoms with Crippen LogP contribution >= 0.6 is 0 Å². The third-order valence-electron chi connectivity index (χ3n) is 1.63. The van der Waals surface area contributed by atoms with Crippen molar-refractivity contribution in [2.45, 2.75) is 18.9 Å². The summed E-state index contributed by atoms with van der Waals surface area (Å²) >= 11 is 0. The Bertz CT molecular complexity index is 138. The molecule has 0 radical (unpaired) electrons. The van der Waals surface area contributed by atoms with Crippen molar-refractivity contribution < 1.29 is 73.8 Å². The van der Waals surface area contributed by atoms with Crippen LogP contribution in [0.25, 0.3) is 0 Å². The molecule has 7 heteroatoms. The van der Waals surface area contributed by atoms with Gasteiger partial charge in [0, 0.05) is 13.1 Å². The van der Waals surface area contributed by atoms with Gasteiger partial charge in [-0.15, -0.1) is 0 Å². The van der Waals surface area contributed by atoms with E-state index >= 15 is 0 Å². The SMILES string of the molecule is F[B-](F)(F)COCC1CCCO1.[K+]. The number of halogens is 3. The topological polar surface area (TPSA) is 18.5 Å². The summed E-state index contributed by atoms with van der Waals surface area (Å²) in [6.07, 6.45) is 1.61. The van der Waals surface area contributed by atoms with E-state index in [0.717, 1.165) is 12.8 Å². The molecule has 2 nitrogen and oxygen atoms in total. The smallest absolute Gasteiger partial charge is 0.447 e. The summed E-state index contributed by atoms with van der Waals surface area (Å²) in [5, 5.41) is 0. The van der Waals surface area contributed by atoms with Crippen LogP contribution in [0, 0.1) is 0 Å². The van der Waals surface area contributed by atoms with Gasteiger partial charge in [-0.25, -0.2) is 0 Å². The van der Waals surface area contributed by atoms with E-state index in [1.54, 1.807) is 0 Å². The van der Waals surface area contributed by atoms with E-state index < -0.39 is 13.5 Å². The maximum atomic E-state index is 11.6. The fraction of sp³-hybridized carbons (Fsp3) is 1.00. The molecule has 0 spiro atoms. The van der Waals surface area contributed by atoms with Crippen LogP contribution in [0.1, 0.15) is 12.8 Å². The predicted molar refractivity (Wildman–Crippen MR) is 38.9 cm³/mol. The molecule has 72 valence electrons. The molecule has 0 aliphatic carbocycles. The Morgan fingerprint density at radius 1 is 1.38 bits per heavy atom. The zero-order valence-corrected chi connectivity index (χ0v) is 10.8. The van der Waals surface area contributed by atoms with Crippen LogP contribution in [0.4, 0.5) is 12.9 Å². The van der Waals surface area contributed by atoms with Gasteiger partial charge in [-0.3, -0.25) is 0 Å². The molecule has 0 bridgehead atoms. The summed E-state index contributed by atoms with van der Waals surface area (Å²) in [7, 11) is 0. The summed E-state index contributed by atoms with van der Waals surface area (Å²) in [5.41, 5.74) is 0. The normalized spacial score (nSPS) is 22.8. The van der Waals surface area contributed by atoms with E-state index in [-0.39, 0.29) is 64.1 Å². The molecule has 0 aromatic carbocycles. The van der Waals surface area contributed by atoms with Gasteiger partial charge in [-0.2, -0.15) is 0 Å². The van der Waals surface area contributed by atoms with E-state index in [0.29, 0.717) is 6.61 Å². The summed E-state index contributed by atoms with van der Waals surface area (Å²) in [4.78, 5) is 0. The number of rotatable bonds is 4. The molecule has 13 heavy (non-hydrogen) atoms. The molecule has 1 heterocycles. The van der Waals surface area contributed by atoms with Crippen molar-refractivity contribution in [1.82, 2.24) is 0 Å². The second-order valence-electron chi connectivity index (χ2n) is 2.88. The van der Waals surface area contributed by atoms with Gasteiger partial charge < -0.3 is 22.4 Å². The van der Waals surface area contributed by atoms with Crippen molar-refractivity contribution in [2.75, 3.05) is 19.7 Å². The van der Waals surface area contributed by atoms with Crippen LogP contribution in [-0.2, 0) is 9.47 Å². The standard InChI is InChI=1S/C6H11BF3O2.K/c8-7(9,10)5-11-4-6-2-1-3-12-6;/h6H,1-5H2;/q-1;+1. The molecular weight excluding hydrogens is 211 g/mol. The maximum Gasteiger partial charge on any atom is 1.00 e. The van der Waals surface area contributed by atoms with Crippen molar-refractivity contribution in [2.24, 2.45) is 0 Å². The average molecular weight is 222 g/mol.